The molecule has 2 aromatic carbocycles. The first kappa shape index (κ1) is 16.1. The molecular formula is C19H19NO4. The molecule has 0 spiro atoms. The van der Waals surface area contributed by atoms with Crippen LogP contribution in [0.15, 0.2) is 48.5 Å². The number of hydrogen-bond donors (Lipinski definition) is 0. The molecule has 1 fully saturated rings. The van der Waals surface area contributed by atoms with E-state index in [1.54, 1.807) is 30.2 Å². The fourth-order valence-corrected chi connectivity index (χ4v) is 2.77. The second-order valence-corrected chi connectivity index (χ2v) is 5.59. The molecule has 124 valence electrons. The first-order valence-corrected chi connectivity index (χ1v) is 7.88. The molecule has 0 saturated carbocycles. The summed E-state index contributed by atoms with van der Waals surface area (Å²) in [5.74, 6) is 0.352. The minimum Gasteiger partial charge on any atom is -0.496 e. The second kappa shape index (κ2) is 7.17. The van der Waals surface area contributed by atoms with Crippen LogP contribution in [0.1, 0.15) is 28.8 Å². The number of carbonyl (C=O) groups is 2. The topological polar surface area (TPSA) is 55.8 Å². The molecule has 1 aliphatic rings. The van der Waals surface area contributed by atoms with Gasteiger partial charge in [-0.3, -0.25) is 4.79 Å². The number of benzene rings is 2. The number of esters is 1. The van der Waals surface area contributed by atoms with E-state index in [-0.39, 0.29) is 12.5 Å². The highest BCUT2D eigenvalue weighted by atomic mass is 16.5. The van der Waals surface area contributed by atoms with Crippen LogP contribution in [0.5, 0.6) is 5.75 Å². The Balaban J connectivity index is 1.70. The van der Waals surface area contributed by atoms with Gasteiger partial charge in [-0.15, -0.1) is 0 Å². The lowest BCUT2D eigenvalue weighted by molar-refractivity contribution is -0.117. The molecule has 0 bridgehead atoms. The van der Waals surface area contributed by atoms with Gasteiger partial charge in [-0.1, -0.05) is 24.3 Å². The van der Waals surface area contributed by atoms with Crippen molar-refractivity contribution in [3.8, 4) is 5.75 Å². The summed E-state index contributed by atoms with van der Waals surface area (Å²) in [7, 11) is 1.58. The third kappa shape index (κ3) is 3.40. The third-order valence-electron chi connectivity index (χ3n) is 4.02. The van der Waals surface area contributed by atoms with Crippen molar-refractivity contribution < 1.29 is 19.1 Å². The SMILES string of the molecule is COc1ccccc1COC(=O)c1cccc(N2CCCC2=O)c1. The van der Waals surface area contributed by atoms with E-state index in [1.807, 2.05) is 30.3 Å². The van der Waals surface area contributed by atoms with Gasteiger partial charge in [-0.05, 0) is 30.7 Å². The van der Waals surface area contributed by atoms with Crippen LogP contribution in [0.25, 0.3) is 0 Å². The van der Waals surface area contributed by atoms with Crippen LogP contribution in [0, 0.1) is 0 Å². The van der Waals surface area contributed by atoms with Crippen LogP contribution >= 0.6 is 0 Å². The van der Waals surface area contributed by atoms with Gasteiger partial charge in [-0.25, -0.2) is 4.79 Å². The van der Waals surface area contributed by atoms with Gasteiger partial charge in [0.25, 0.3) is 0 Å². The van der Waals surface area contributed by atoms with E-state index in [4.69, 9.17) is 9.47 Å². The number of rotatable bonds is 5. The fourth-order valence-electron chi connectivity index (χ4n) is 2.77. The number of carbonyl (C=O) groups excluding carboxylic acids is 2. The first-order chi connectivity index (χ1) is 11.7. The lowest BCUT2D eigenvalue weighted by Gasteiger charge is -2.16. The average Bonchev–Trinajstić information content (AvgIpc) is 3.06. The van der Waals surface area contributed by atoms with Crippen LogP contribution in [-0.4, -0.2) is 25.5 Å². The quantitative estimate of drug-likeness (QED) is 0.792. The molecule has 1 saturated heterocycles. The maximum absolute atomic E-state index is 12.3. The van der Waals surface area contributed by atoms with Crippen molar-refractivity contribution in [2.24, 2.45) is 0 Å². The highest BCUT2D eigenvalue weighted by molar-refractivity contribution is 5.97. The molecule has 0 aliphatic carbocycles. The van der Waals surface area contributed by atoms with Gasteiger partial charge in [0.1, 0.15) is 12.4 Å². The molecule has 3 rings (SSSR count). The van der Waals surface area contributed by atoms with E-state index in [1.165, 1.54) is 0 Å². The lowest BCUT2D eigenvalue weighted by atomic mass is 10.2. The first-order valence-electron chi connectivity index (χ1n) is 7.88. The summed E-state index contributed by atoms with van der Waals surface area (Å²) in [6.45, 7) is 0.828. The molecule has 0 unspecified atom stereocenters. The van der Waals surface area contributed by atoms with E-state index >= 15 is 0 Å². The average molecular weight is 325 g/mol. The maximum Gasteiger partial charge on any atom is 0.338 e. The van der Waals surface area contributed by atoms with Crippen LogP contribution in [0.4, 0.5) is 5.69 Å². The van der Waals surface area contributed by atoms with Crippen LogP contribution in [0.2, 0.25) is 0 Å². The van der Waals surface area contributed by atoms with Gasteiger partial charge in [0, 0.05) is 24.2 Å². The Labute approximate surface area is 140 Å². The zero-order valence-corrected chi connectivity index (χ0v) is 13.5. The Morgan fingerprint density at radius 2 is 2.00 bits per heavy atom. The summed E-state index contributed by atoms with van der Waals surface area (Å²) in [5.41, 5.74) is 1.98. The van der Waals surface area contributed by atoms with Gasteiger partial charge >= 0.3 is 5.97 Å². The zero-order chi connectivity index (χ0) is 16.9. The Hall–Kier alpha value is -2.82. The summed E-state index contributed by atoms with van der Waals surface area (Å²) in [4.78, 5) is 25.8. The number of methoxy groups -OCH3 is 1. The van der Waals surface area contributed by atoms with Gasteiger partial charge < -0.3 is 14.4 Å². The molecule has 2 aromatic rings. The zero-order valence-electron chi connectivity index (χ0n) is 13.5. The van der Waals surface area contributed by atoms with E-state index in [2.05, 4.69) is 0 Å². The smallest absolute Gasteiger partial charge is 0.338 e. The van der Waals surface area contributed by atoms with Crippen molar-refractivity contribution >= 4 is 17.6 Å². The molecule has 1 aliphatic heterocycles. The molecule has 0 radical (unpaired) electrons. The largest absolute Gasteiger partial charge is 0.496 e. The van der Waals surface area contributed by atoms with Crippen molar-refractivity contribution in [2.75, 3.05) is 18.6 Å². The minimum atomic E-state index is -0.422. The van der Waals surface area contributed by atoms with Gasteiger partial charge in [-0.2, -0.15) is 0 Å². The van der Waals surface area contributed by atoms with Gasteiger partial charge in [0.2, 0.25) is 5.91 Å². The summed E-state index contributed by atoms with van der Waals surface area (Å²) in [6.07, 6.45) is 1.41. The lowest BCUT2D eigenvalue weighted by Crippen LogP contribution is -2.23. The van der Waals surface area contributed by atoms with Gasteiger partial charge in [0.05, 0.1) is 12.7 Å². The normalized spacial score (nSPS) is 13.9. The number of hydrogen-bond acceptors (Lipinski definition) is 4. The molecule has 24 heavy (non-hydrogen) atoms. The second-order valence-electron chi connectivity index (χ2n) is 5.59. The fraction of sp³-hybridized carbons (Fsp3) is 0.263. The van der Waals surface area contributed by atoms with Gasteiger partial charge in [0.15, 0.2) is 0 Å². The Morgan fingerprint density at radius 1 is 1.17 bits per heavy atom. The van der Waals surface area contributed by atoms with Crippen molar-refractivity contribution in [2.45, 2.75) is 19.4 Å². The predicted molar refractivity (Wildman–Crippen MR) is 90.1 cm³/mol. The number of amides is 1. The molecule has 0 atom stereocenters. The van der Waals surface area contributed by atoms with Crippen molar-refractivity contribution in [1.82, 2.24) is 0 Å². The minimum absolute atomic E-state index is 0.0922. The third-order valence-corrected chi connectivity index (χ3v) is 4.02. The number of anilines is 1. The van der Waals surface area contributed by atoms with Crippen molar-refractivity contribution in [1.29, 1.82) is 0 Å². The molecule has 1 heterocycles. The summed E-state index contributed by atoms with van der Waals surface area (Å²) in [6, 6.07) is 14.4. The maximum atomic E-state index is 12.3. The van der Waals surface area contributed by atoms with Crippen LogP contribution in [-0.2, 0) is 16.1 Å². The standard InChI is InChI=1S/C19H19NO4/c1-23-17-9-3-2-6-15(17)13-24-19(22)14-7-4-8-16(12-14)20-11-5-10-18(20)21/h2-4,6-9,12H,5,10-11,13H2,1H3. The summed E-state index contributed by atoms with van der Waals surface area (Å²) in [5, 5.41) is 0. The monoisotopic (exact) mass is 325 g/mol. The molecule has 0 aromatic heterocycles. The highest BCUT2D eigenvalue weighted by Crippen LogP contribution is 2.23. The predicted octanol–water partition coefficient (Wildman–Crippen LogP) is 3.18. The van der Waals surface area contributed by atoms with E-state index in [0.29, 0.717) is 24.3 Å². The van der Waals surface area contributed by atoms with Crippen LogP contribution in [0.3, 0.4) is 0 Å². The molecule has 0 N–H and O–H groups in total. The highest BCUT2D eigenvalue weighted by Gasteiger charge is 2.22. The van der Waals surface area contributed by atoms with E-state index in [9.17, 15) is 9.59 Å². The molecular weight excluding hydrogens is 306 g/mol. The Kier molecular flexibility index (Phi) is 4.79. The van der Waals surface area contributed by atoms with Crippen LogP contribution < -0.4 is 9.64 Å². The number of nitrogens with zero attached hydrogens (tertiary/aromatic N) is 1. The Bertz CT molecular complexity index is 757. The summed E-state index contributed by atoms with van der Waals surface area (Å²) >= 11 is 0. The Morgan fingerprint density at radius 3 is 2.75 bits per heavy atom. The molecule has 1 amide bonds. The number of ether oxygens (including phenoxy) is 2. The number of para-hydroxylation sites is 1. The van der Waals surface area contributed by atoms with E-state index in [0.717, 1.165) is 17.7 Å². The summed E-state index contributed by atoms with van der Waals surface area (Å²) < 4.78 is 10.6. The van der Waals surface area contributed by atoms with E-state index < -0.39 is 5.97 Å². The molecule has 5 heteroatoms. The van der Waals surface area contributed by atoms with Crippen molar-refractivity contribution in [3.63, 3.8) is 0 Å². The van der Waals surface area contributed by atoms with Crippen molar-refractivity contribution in [3.05, 3.63) is 59.7 Å². The molecule has 5 nitrogen and oxygen atoms in total.